The van der Waals surface area contributed by atoms with Crippen molar-refractivity contribution in [3.05, 3.63) is 72.7 Å². The Morgan fingerprint density at radius 2 is 1.89 bits per heavy atom. The third kappa shape index (κ3) is 3.17. The fraction of sp³-hybridized carbons (Fsp3) is 0.227. The fourth-order valence-electron chi connectivity index (χ4n) is 3.83. The Kier molecular flexibility index (Phi) is 4.37. The number of aromatic nitrogens is 4. The number of benzene rings is 1. The van der Waals surface area contributed by atoms with Crippen LogP contribution in [0.4, 0.5) is 11.5 Å². The molecule has 6 heteroatoms. The molecule has 5 rings (SSSR count). The van der Waals surface area contributed by atoms with Gasteiger partial charge in [-0.05, 0) is 36.6 Å². The summed E-state index contributed by atoms with van der Waals surface area (Å²) in [6.45, 7) is 3.05. The zero-order valence-electron chi connectivity index (χ0n) is 15.6. The molecule has 4 aromatic rings. The van der Waals surface area contributed by atoms with Crippen LogP contribution in [0, 0.1) is 0 Å². The van der Waals surface area contributed by atoms with E-state index in [1.165, 1.54) is 11.3 Å². The molecular formula is C22H22N6. The molecule has 0 saturated carbocycles. The number of rotatable bonds is 6. The van der Waals surface area contributed by atoms with Crippen LogP contribution in [-0.4, -0.2) is 39.2 Å². The van der Waals surface area contributed by atoms with Crippen molar-refractivity contribution < 1.29 is 0 Å². The second kappa shape index (κ2) is 7.31. The summed E-state index contributed by atoms with van der Waals surface area (Å²) < 4.78 is 1.86. The highest BCUT2D eigenvalue weighted by Gasteiger charge is 2.17. The van der Waals surface area contributed by atoms with E-state index in [0.717, 1.165) is 55.2 Å². The van der Waals surface area contributed by atoms with Crippen molar-refractivity contribution in [2.45, 2.75) is 12.8 Å². The predicted molar refractivity (Wildman–Crippen MR) is 112 cm³/mol. The molecule has 1 aromatic carbocycles. The molecule has 1 N–H and O–H groups in total. The SMILES string of the molecule is c1ccc2c(c1)CCN2CCCNc1cc(-c2ccncc2)nc2ccnn12. The summed E-state index contributed by atoms with van der Waals surface area (Å²) >= 11 is 0. The molecule has 4 heterocycles. The second-order valence-electron chi connectivity index (χ2n) is 7.01. The Balaban J connectivity index is 1.28. The van der Waals surface area contributed by atoms with Gasteiger partial charge in [0.05, 0.1) is 11.9 Å². The van der Waals surface area contributed by atoms with E-state index < -0.39 is 0 Å². The van der Waals surface area contributed by atoms with Gasteiger partial charge in [0.15, 0.2) is 5.65 Å². The predicted octanol–water partition coefficient (Wildman–Crippen LogP) is 3.66. The number of pyridine rings is 1. The number of nitrogens with one attached hydrogen (secondary N) is 1. The largest absolute Gasteiger partial charge is 0.371 e. The van der Waals surface area contributed by atoms with Crippen LogP contribution < -0.4 is 10.2 Å². The van der Waals surface area contributed by atoms with Crippen LogP contribution in [0.1, 0.15) is 12.0 Å². The molecule has 0 fully saturated rings. The number of nitrogens with zero attached hydrogens (tertiary/aromatic N) is 5. The molecule has 0 radical (unpaired) electrons. The van der Waals surface area contributed by atoms with Crippen molar-refractivity contribution in [2.75, 3.05) is 29.9 Å². The fourth-order valence-corrected chi connectivity index (χ4v) is 3.83. The Hall–Kier alpha value is -3.41. The van der Waals surface area contributed by atoms with Crippen LogP contribution in [0.15, 0.2) is 67.1 Å². The van der Waals surface area contributed by atoms with E-state index in [4.69, 9.17) is 4.98 Å². The Bertz CT molecular complexity index is 1090. The number of para-hydroxylation sites is 1. The van der Waals surface area contributed by atoms with E-state index in [9.17, 15) is 0 Å². The molecule has 0 bridgehead atoms. The smallest absolute Gasteiger partial charge is 0.157 e. The topological polar surface area (TPSA) is 58.3 Å². The molecule has 1 aliphatic rings. The third-order valence-corrected chi connectivity index (χ3v) is 5.23. The average Bonchev–Trinajstić information content (AvgIpc) is 3.39. The van der Waals surface area contributed by atoms with Gasteiger partial charge in [-0.1, -0.05) is 18.2 Å². The second-order valence-corrected chi connectivity index (χ2v) is 7.01. The lowest BCUT2D eigenvalue weighted by Crippen LogP contribution is -2.23. The first-order valence-corrected chi connectivity index (χ1v) is 9.70. The highest BCUT2D eigenvalue weighted by Crippen LogP contribution is 2.27. The number of anilines is 2. The molecule has 6 nitrogen and oxygen atoms in total. The maximum Gasteiger partial charge on any atom is 0.157 e. The van der Waals surface area contributed by atoms with Crippen LogP contribution >= 0.6 is 0 Å². The molecule has 1 aliphatic heterocycles. The van der Waals surface area contributed by atoms with Gasteiger partial charge in [0.25, 0.3) is 0 Å². The summed E-state index contributed by atoms with van der Waals surface area (Å²) in [5.41, 5.74) is 5.66. The summed E-state index contributed by atoms with van der Waals surface area (Å²) in [6, 6.07) is 16.7. The van der Waals surface area contributed by atoms with E-state index in [0.29, 0.717) is 0 Å². The van der Waals surface area contributed by atoms with Gasteiger partial charge in [0.1, 0.15) is 5.82 Å². The lowest BCUT2D eigenvalue weighted by molar-refractivity contribution is 0.769. The standard InChI is InChI=1S/C22H22N6/c1-2-5-20-18(4-1)9-15-27(20)14-3-10-24-22-16-19(17-6-11-23-12-7-17)26-21-8-13-25-28(21)22/h1-2,4-8,11-13,16,24H,3,9-10,14-15H2. The summed E-state index contributed by atoms with van der Waals surface area (Å²) in [7, 11) is 0. The molecule has 0 aliphatic carbocycles. The maximum absolute atomic E-state index is 4.71. The van der Waals surface area contributed by atoms with Crippen LogP contribution in [0.3, 0.4) is 0 Å². The van der Waals surface area contributed by atoms with Gasteiger partial charge in [0, 0.05) is 55.4 Å². The van der Waals surface area contributed by atoms with E-state index in [-0.39, 0.29) is 0 Å². The van der Waals surface area contributed by atoms with Crippen LogP contribution in [-0.2, 0) is 6.42 Å². The lowest BCUT2D eigenvalue weighted by atomic mass is 10.2. The Labute approximate surface area is 163 Å². The normalized spacial score (nSPS) is 13.1. The van der Waals surface area contributed by atoms with Gasteiger partial charge in [0.2, 0.25) is 0 Å². The minimum atomic E-state index is 0.838. The summed E-state index contributed by atoms with van der Waals surface area (Å²) in [5.74, 6) is 0.962. The highest BCUT2D eigenvalue weighted by atomic mass is 15.3. The molecule has 0 atom stereocenters. The zero-order valence-corrected chi connectivity index (χ0v) is 15.6. The monoisotopic (exact) mass is 370 g/mol. The summed E-state index contributed by atoms with van der Waals surface area (Å²) in [6.07, 6.45) is 7.57. The van der Waals surface area contributed by atoms with E-state index in [1.807, 2.05) is 22.7 Å². The van der Waals surface area contributed by atoms with Gasteiger partial charge < -0.3 is 10.2 Å². The van der Waals surface area contributed by atoms with Crippen LogP contribution in [0.25, 0.3) is 16.9 Å². The maximum atomic E-state index is 4.71. The van der Waals surface area contributed by atoms with Gasteiger partial charge in [-0.25, -0.2) is 4.98 Å². The van der Waals surface area contributed by atoms with Crippen molar-refractivity contribution >= 4 is 17.2 Å². The first kappa shape index (κ1) is 16.7. The first-order chi connectivity index (χ1) is 13.9. The van der Waals surface area contributed by atoms with Gasteiger partial charge >= 0.3 is 0 Å². The van der Waals surface area contributed by atoms with Crippen molar-refractivity contribution in [2.24, 2.45) is 0 Å². The van der Waals surface area contributed by atoms with Crippen molar-refractivity contribution in [3.8, 4) is 11.3 Å². The van der Waals surface area contributed by atoms with Crippen LogP contribution in [0.5, 0.6) is 0 Å². The van der Waals surface area contributed by atoms with E-state index in [2.05, 4.69) is 50.6 Å². The Morgan fingerprint density at radius 1 is 1.00 bits per heavy atom. The van der Waals surface area contributed by atoms with Crippen molar-refractivity contribution in [1.29, 1.82) is 0 Å². The summed E-state index contributed by atoms with van der Waals surface area (Å²) in [4.78, 5) is 11.3. The molecule has 0 unspecified atom stereocenters. The number of hydrogen-bond acceptors (Lipinski definition) is 5. The summed E-state index contributed by atoms with van der Waals surface area (Å²) in [5, 5.41) is 7.96. The molecule has 3 aromatic heterocycles. The van der Waals surface area contributed by atoms with Gasteiger partial charge in [-0.2, -0.15) is 9.61 Å². The molecule has 0 saturated heterocycles. The van der Waals surface area contributed by atoms with Crippen molar-refractivity contribution in [3.63, 3.8) is 0 Å². The molecule has 28 heavy (non-hydrogen) atoms. The first-order valence-electron chi connectivity index (χ1n) is 9.70. The Morgan fingerprint density at radius 3 is 2.82 bits per heavy atom. The van der Waals surface area contributed by atoms with Gasteiger partial charge in [-0.3, -0.25) is 4.98 Å². The molecule has 140 valence electrons. The van der Waals surface area contributed by atoms with Crippen LogP contribution in [0.2, 0.25) is 0 Å². The zero-order chi connectivity index (χ0) is 18.8. The van der Waals surface area contributed by atoms with Gasteiger partial charge in [-0.15, -0.1) is 0 Å². The third-order valence-electron chi connectivity index (χ3n) is 5.23. The lowest BCUT2D eigenvalue weighted by Gasteiger charge is -2.19. The average molecular weight is 370 g/mol. The van der Waals surface area contributed by atoms with E-state index in [1.54, 1.807) is 18.6 Å². The quantitative estimate of drug-likeness (QED) is 0.525. The minimum Gasteiger partial charge on any atom is -0.371 e. The van der Waals surface area contributed by atoms with Crippen molar-refractivity contribution in [1.82, 2.24) is 19.6 Å². The number of hydrogen-bond donors (Lipinski definition) is 1. The minimum absolute atomic E-state index is 0.838. The molecular weight excluding hydrogens is 348 g/mol. The molecule has 0 amide bonds. The number of fused-ring (bicyclic) bond motifs is 2. The molecule has 0 spiro atoms. The highest BCUT2D eigenvalue weighted by molar-refractivity contribution is 5.66. The van der Waals surface area contributed by atoms with E-state index >= 15 is 0 Å².